The van der Waals surface area contributed by atoms with Crippen LogP contribution in [0.4, 0.5) is 0 Å². The van der Waals surface area contributed by atoms with Crippen LogP contribution in [0, 0.1) is 6.92 Å². The average Bonchev–Trinajstić information content (AvgIpc) is 2.46. The Balaban J connectivity index is 2.24. The number of amidine groups is 1. The van der Waals surface area contributed by atoms with Gasteiger partial charge >= 0.3 is 0 Å². The summed E-state index contributed by atoms with van der Waals surface area (Å²) in [5.74, 6) is 0.535. The molecular weight excluding hydrogens is 322 g/mol. The maximum absolute atomic E-state index is 8.81. The number of aryl methyl sites for hydroxylation is 1. The van der Waals surface area contributed by atoms with E-state index in [0.29, 0.717) is 17.9 Å². The number of hydrogen-bond acceptors (Lipinski definition) is 4. The van der Waals surface area contributed by atoms with Crippen molar-refractivity contribution in [3.05, 3.63) is 57.8 Å². The maximum Gasteiger partial charge on any atom is 0.173 e. The molecular formula is C14H14BrN3O2. The molecule has 0 saturated carbocycles. The van der Waals surface area contributed by atoms with E-state index < -0.39 is 0 Å². The van der Waals surface area contributed by atoms with Gasteiger partial charge in [0, 0.05) is 10.7 Å². The SMILES string of the molecule is Cc1cccnc1COc1ccc(Br)cc1/C(N)=N/O. The van der Waals surface area contributed by atoms with Crippen LogP contribution in [-0.4, -0.2) is 16.0 Å². The summed E-state index contributed by atoms with van der Waals surface area (Å²) >= 11 is 3.34. The summed E-state index contributed by atoms with van der Waals surface area (Å²) in [6, 6.07) is 9.16. The Morgan fingerprint density at radius 2 is 2.25 bits per heavy atom. The van der Waals surface area contributed by atoms with Crippen LogP contribution in [0.1, 0.15) is 16.8 Å². The minimum Gasteiger partial charge on any atom is -0.487 e. The van der Waals surface area contributed by atoms with E-state index in [2.05, 4.69) is 26.1 Å². The lowest BCUT2D eigenvalue weighted by Gasteiger charge is -2.11. The topological polar surface area (TPSA) is 80.7 Å². The predicted octanol–water partition coefficient (Wildman–Crippen LogP) is 2.83. The molecule has 1 aromatic carbocycles. The molecule has 3 N–H and O–H groups in total. The molecule has 1 aromatic heterocycles. The van der Waals surface area contributed by atoms with Crippen molar-refractivity contribution in [1.29, 1.82) is 0 Å². The largest absolute Gasteiger partial charge is 0.487 e. The molecule has 0 aliphatic heterocycles. The van der Waals surface area contributed by atoms with Gasteiger partial charge in [-0.25, -0.2) is 0 Å². The van der Waals surface area contributed by atoms with Crippen LogP contribution in [-0.2, 0) is 6.61 Å². The summed E-state index contributed by atoms with van der Waals surface area (Å²) in [6.07, 6.45) is 1.72. The number of aromatic nitrogens is 1. The van der Waals surface area contributed by atoms with Crippen LogP contribution in [0.25, 0.3) is 0 Å². The van der Waals surface area contributed by atoms with Crippen LogP contribution in [0.5, 0.6) is 5.75 Å². The number of halogens is 1. The monoisotopic (exact) mass is 335 g/mol. The summed E-state index contributed by atoms with van der Waals surface area (Å²) in [7, 11) is 0. The van der Waals surface area contributed by atoms with Crippen molar-refractivity contribution < 1.29 is 9.94 Å². The molecule has 2 rings (SSSR count). The first-order valence-electron chi connectivity index (χ1n) is 5.92. The standard InChI is InChI=1S/C14H14BrN3O2/c1-9-3-2-6-17-12(9)8-20-13-5-4-10(15)7-11(13)14(16)18-19/h2-7,19H,8H2,1H3,(H2,16,18). The highest BCUT2D eigenvalue weighted by Crippen LogP contribution is 2.24. The first-order chi connectivity index (χ1) is 9.61. The highest BCUT2D eigenvalue weighted by molar-refractivity contribution is 9.10. The molecule has 0 radical (unpaired) electrons. The summed E-state index contributed by atoms with van der Waals surface area (Å²) in [6.45, 7) is 2.29. The Morgan fingerprint density at radius 1 is 1.45 bits per heavy atom. The molecule has 2 aromatic rings. The number of nitrogens with zero attached hydrogens (tertiary/aromatic N) is 2. The molecule has 0 atom stereocenters. The second-order valence-corrected chi connectivity index (χ2v) is 5.10. The van der Waals surface area contributed by atoms with Crippen LogP contribution in [0.3, 0.4) is 0 Å². The molecule has 5 nitrogen and oxygen atoms in total. The lowest BCUT2D eigenvalue weighted by Crippen LogP contribution is -2.15. The normalized spacial score (nSPS) is 11.4. The molecule has 0 saturated heterocycles. The van der Waals surface area contributed by atoms with Crippen LogP contribution < -0.4 is 10.5 Å². The molecule has 0 aliphatic rings. The smallest absolute Gasteiger partial charge is 0.173 e. The number of hydrogen-bond donors (Lipinski definition) is 2. The molecule has 0 bridgehead atoms. The van der Waals surface area contributed by atoms with Crippen molar-refractivity contribution in [3.8, 4) is 5.75 Å². The van der Waals surface area contributed by atoms with E-state index in [0.717, 1.165) is 15.7 Å². The van der Waals surface area contributed by atoms with Gasteiger partial charge in [-0.3, -0.25) is 4.98 Å². The number of ether oxygens (including phenoxy) is 1. The van der Waals surface area contributed by atoms with Gasteiger partial charge in [0.15, 0.2) is 5.84 Å². The molecule has 6 heteroatoms. The number of benzene rings is 1. The van der Waals surface area contributed by atoms with Crippen molar-refractivity contribution in [3.63, 3.8) is 0 Å². The Hall–Kier alpha value is -2.08. The van der Waals surface area contributed by atoms with Crippen LogP contribution >= 0.6 is 15.9 Å². The van der Waals surface area contributed by atoms with E-state index in [1.54, 1.807) is 18.3 Å². The molecule has 0 spiro atoms. The summed E-state index contributed by atoms with van der Waals surface area (Å²) in [4.78, 5) is 4.26. The molecule has 20 heavy (non-hydrogen) atoms. The number of nitrogens with two attached hydrogens (primary N) is 1. The first-order valence-corrected chi connectivity index (χ1v) is 6.72. The second-order valence-electron chi connectivity index (χ2n) is 4.18. The molecule has 1 heterocycles. The van der Waals surface area contributed by atoms with E-state index in [9.17, 15) is 0 Å². The number of oxime groups is 1. The van der Waals surface area contributed by atoms with Crippen molar-refractivity contribution in [2.45, 2.75) is 13.5 Å². The molecule has 104 valence electrons. The van der Waals surface area contributed by atoms with Gasteiger partial charge in [-0.15, -0.1) is 0 Å². The van der Waals surface area contributed by atoms with Crippen molar-refractivity contribution in [1.82, 2.24) is 4.98 Å². The van der Waals surface area contributed by atoms with E-state index >= 15 is 0 Å². The Bertz CT molecular complexity index is 644. The zero-order valence-corrected chi connectivity index (χ0v) is 12.5. The van der Waals surface area contributed by atoms with Gasteiger partial charge in [0.1, 0.15) is 12.4 Å². The van der Waals surface area contributed by atoms with Gasteiger partial charge in [0.2, 0.25) is 0 Å². The zero-order chi connectivity index (χ0) is 14.5. The third-order valence-corrected chi connectivity index (χ3v) is 3.30. The van der Waals surface area contributed by atoms with Gasteiger partial charge < -0.3 is 15.7 Å². The first kappa shape index (κ1) is 14.3. The van der Waals surface area contributed by atoms with Gasteiger partial charge in [0.25, 0.3) is 0 Å². The van der Waals surface area contributed by atoms with E-state index in [1.807, 2.05) is 25.1 Å². The Kier molecular flexibility index (Phi) is 4.57. The molecule has 0 unspecified atom stereocenters. The van der Waals surface area contributed by atoms with Crippen LogP contribution in [0.2, 0.25) is 0 Å². The van der Waals surface area contributed by atoms with Gasteiger partial charge in [-0.05, 0) is 36.8 Å². The fourth-order valence-electron chi connectivity index (χ4n) is 1.70. The number of rotatable bonds is 4. The molecule has 0 amide bonds. The number of pyridine rings is 1. The van der Waals surface area contributed by atoms with Gasteiger partial charge in [-0.1, -0.05) is 27.2 Å². The van der Waals surface area contributed by atoms with E-state index in [1.165, 1.54) is 0 Å². The second kappa shape index (κ2) is 6.38. The van der Waals surface area contributed by atoms with E-state index in [4.69, 9.17) is 15.7 Å². The third kappa shape index (κ3) is 3.27. The highest BCUT2D eigenvalue weighted by atomic mass is 79.9. The van der Waals surface area contributed by atoms with Crippen molar-refractivity contribution in [2.24, 2.45) is 10.9 Å². The third-order valence-electron chi connectivity index (χ3n) is 2.81. The zero-order valence-electron chi connectivity index (χ0n) is 10.9. The molecule has 0 fully saturated rings. The highest BCUT2D eigenvalue weighted by Gasteiger charge is 2.10. The van der Waals surface area contributed by atoms with Gasteiger partial charge in [0.05, 0.1) is 11.3 Å². The fraction of sp³-hybridized carbons (Fsp3) is 0.143. The maximum atomic E-state index is 8.81. The summed E-state index contributed by atoms with van der Waals surface area (Å²) in [5, 5.41) is 11.8. The Morgan fingerprint density at radius 3 is 2.95 bits per heavy atom. The Labute approximate surface area is 125 Å². The van der Waals surface area contributed by atoms with Crippen molar-refractivity contribution >= 4 is 21.8 Å². The van der Waals surface area contributed by atoms with Gasteiger partial charge in [-0.2, -0.15) is 0 Å². The minimum absolute atomic E-state index is 0.000886. The summed E-state index contributed by atoms with van der Waals surface area (Å²) < 4.78 is 6.55. The quantitative estimate of drug-likeness (QED) is 0.389. The van der Waals surface area contributed by atoms with Crippen molar-refractivity contribution in [2.75, 3.05) is 0 Å². The summed E-state index contributed by atoms with van der Waals surface area (Å²) in [5.41, 5.74) is 8.07. The average molecular weight is 336 g/mol. The lowest BCUT2D eigenvalue weighted by molar-refractivity contribution is 0.298. The van der Waals surface area contributed by atoms with Crippen LogP contribution in [0.15, 0.2) is 46.2 Å². The van der Waals surface area contributed by atoms with E-state index in [-0.39, 0.29) is 5.84 Å². The minimum atomic E-state index is -0.000886. The lowest BCUT2D eigenvalue weighted by atomic mass is 10.2. The molecule has 0 aliphatic carbocycles. The fourth-order valence-corrected chi connectivity index (χ4v) is 2.06. The predicted molar refractivity (Wildman–Crippen MR) is 80.0 cm³/mol.